The lowest BCUT2D eigenvalue weighted by atomic mass is 10.2. The van der Waals surface area contributed by atoms with Gasteiger partial charge in [0.25, 0.3) is 0 Å². The number of hydrogen-bond donors (Lipinski definition) is 0. The van der Waals surface area contributed by atoms with Crippen molar-refractivity contribution in [1.29, 1.82) is 0 Å². The number of methoxy groups -OCH3 is 1. The van der Waals surface area contributed by atoms with Crippen LogP contribution in [-0.2, 0) is 6.54 Å². The Morgan fingerprint density at radius 1 is 1.38 bits per heavy atom. The summed E-state index contributed by atoms with van der Waals surface area (Å²) in [4.78, 5) is 4.21. The Kier molecular flexibility index (Phi) is 4.40. The van der Waals surface area contributed by atoms with E-state index in [9.17, 15) is 0 Å². The first kappa shape index (κ1) is 10.1. The zero-order valence-corrected chi connectivity index (χ0v) is 8.67. The molecule has 0 saturated heterocycles. The third kappa shape index (κ3) is 3.51. The highest BCUT2D eigenvalue weighted by molar-refractivity contribution is 8.11. The molecular formula is C10H13NOS. The second kappa shape index (κ2) is 5.65. The molecule has 0 atom stereocenters. The molecule has 1 aromatic carbocycles. The number of benzene rings is 1. The van der Waals surface area contributed by atoms with E-state index < -0.39 is 0 Å². The molecule has 0 aliphatic carbocycles. The van der Waals surface area contributed by atoms with Crippen molar-refractivity contribution in [3.8, 4) is 5.75 Å². The largest absolute Gasteiger partial charge is 0.497 e. The molecule has 0 amide bonds. The van der Waals surface area contributed by atoms with Crippen LogP contribution in [0.25, 0.3) is 0 Å². The van der Waals surface area contributed by atoms with E-state index in [-0.39, 0.29) is 0 Å². The Bertz CT molecular complexity index is 269. The minimum absolute atomic E-state index is 0.741. The lowest BCUT2D eigenvalue weighted by molar-refractivity contribution is 0.414. The summed E-state index contributed by atoms with van der Waals surface area (Å²) in [6.45, 7) is 0.741. The zero-order chi connectivity index (χ0) is 9.52. The first-order chi connectivity index (χ1) is 6.36. The van der Waals surface area contributed by atoms with Crippen LogP contribution in [0.4, 0.5) is 0 Å². The van der Waals surface area contributed by atoms with Gasteiger partial charge in [0.05, 0.1) is 19.2 Å². The van der Waals surface area contributed by atoms with Crippen molar-refractivity contribution in [1.82, 2.24) is 0 Å². The van der Waals surface area contributed by atoms with E-state index in [1.165, 1.54) is 5.56 Å². The summed E-state index contributed by atoms with van der Waals surface area (Å²) in [6, 6.07) is 7.95. The predicted molar refractivity (Wildman–Crippen MR) is 58.7 cm³/mol. The van der Waals surface area contributed by atoms with E-state index in [0.29, 0.717) is 0 Å². The number of nitrogens with zero attached hydrogens (tertiary/aromatic N) is 1. The maximum absolute atomic E-state index is 5.05. The summed E-state index contributed by atoms with van der Waals surface area (Å²) >= 11 is 1.61. The van der Waals surface area contributed by atoms with Gasteiger partial charge in [0.1, 0.15) is 5.75 Å². The van der Waals surface area contributed by atoms with Crippen molar-refractivity contribution in [3.63, 3.8) is 0 Å². The van der Waals surface area contributed by atoms with Gasteiger partial charge in [-0.25, -0.2) is 0 Å². The zero-order valence-electron chi connectivity index (χ0n) is 7.86. The van der Waals surface area contributed by atoms with Crippen LogP contribution in [0.1, 0.15) is 5.56 Å². The summed E-state index contributed by atoms with van der Waals surface area (Å²) in [7, 11) is 1.67. The fourth-order valence-electron chi connectivity index (χ4n) is 0.948. The Balaban J connectivity index is 2.54. The molecule has 0 aliphatic rings. The van der Waals surface area contributed by atoms with E-state index in [0.717, 1.165) is 12.3 Å². The fraction of sp³-hybridized carbons (Fsp3) is 0.300. The van der Waals surface area contributed by atoms with Gasteiger partial charge in [-0.1, -0.05) is 12.1 Å². The molecule has 0 fully saturated rings. The van der Waals surface area contributed by atoms with Crippen LogP contribution in [0.15, 0.2) is 29.3 Å². The molecule has 0 saturated carbocycles. The Hall–Kier alpha value is -0.960. The normalized spacial score (nSPS) is 10.6. The summed E-state index contributed by atoms with van der Waals surface area (Å²) in [5, 5.41) is 0. The van der Waals surface area contributed by atoms with Gasteiger partial charge in [-0.3, -0.25) is 4.99 Å². The maximum Gasteiger partial charge on any atom is 0.118 e. The average Bonchev–Trinajstić information content (AvgIpc) is 2.19. The second-order valence-corrected chi connectivity index (χ2v) is 3.21. The van der Waals surface area contributed by atoms with E-state index in [2.05, 4.69) is 4.99 Å². The van der Waals surface area contributed by atoms with Crippen molar-refractivity contribution in [2.24, 2.45) is 4.99 Å². The van der Waals surface area contributed by atoms with Crippen molar-refractivity contribution in [2.45, 2.75) is 6.54 Å². The van der Waals surface area contributed by atoms with Crippen molar-refractivity contribution in [3.05, 3.63) is 29.8 Å². The van der Waals surface area contributed by atoms with Crippen LogP contribution in [-0.4, -0.2) is 18.9 Å². The number of aliphatic imine (C=N–C) groups is 1. The monoisotopic (exact) mass is 195 g/mol. The van der Waals surface area contributed by atoms with E-state index in [1.807, 2.05) is 36.1 Å². The minimum Gasteiger partial charge on any atom is -0.497 e. The molecule has 2 nitrogen and oxygen atoms in total. The number of ether oxygens (including phenoxy) is 1. The summed E-state index contributed by atoms with van der Waals surface area (Å²) in [5.74, 6) is 0.887. The summed E-state index contributed by atoms with van der Waals surface area (Å²) in [6.07, 6.45) is 2.00. The standard InChI is InChI=1S/C10H13NOS/c1-12-10-5-3-9(4-6-10)7-11-8-13-2/h3-6,8H,7H2,1-2H3. The predicted octanol–water partition coefficient (Wildman–Crippen LogP) is 2.59. The molecule has 0 aromatic heterocycles. The van der Waals surface area contributed by atoms with Crippen molar-refractivity contribution in [2.75, 3.05) is 13.4 Å². The molecule has 1 rings (SSSR count). The second-order valence-electron chi connectivity index (χ2n) is 2.53. The van der Waals surface area contributed by atoms with Gasteiger partial charge in [-0.2, -0.15) is 0 Å². The quantitative estimate of drug-likeness (QED) is 0.544. The molecule has 3 heteroatoms. The van der Waals surface area contributed by atoms with E-state index in [1.54, 1.807) is 18.9 Å². The maximum atomic E-state index is 5.05. The first-order valence-corrected chi connectivity index (χ1v) is 5.29. The van der Waals surface area contributed by atoms with Gasteiger partial charge < -0.3 is 4.74 Å². The number of hydrogen-bond acceptors (Lipinski definition) is 3. The summed E-state index contributed by atoms with van der Waals surface area (Å²) in [5.41, 5.74) is 3.05. The van der Waals surface area contributed by atoms with Gasteiger partial charge in [0.15, 0.2) is 0 Å². The van der Waals surface area contributed by atoms with Crippen LogP contribution in [0.5, 0.6) is 5.75 Å². The van der Waals surface area contributed by atoms with Crippen molar-refractivity contribution >= 4 is 17.3 Å². The van der Waals surface area contributed by atoms with Crippen LogP contribution < -0.4 is 4.74 Å². The molecule has 0 unspecified atom stereocenters. The molecule has 0 bridgehead atoms. The topological polar surface area (TPSA) is 21.6 Å². The van der Waals surface area contributed by atoms with Crippen LogP contribution in [0, 0.1) is 0 Å². The van der Waals surface area contributed by atoms with E-state index >= 15 is 0 Å². The molecular weight excluding hydrogens is 182 g/mol. The van der Waals surface area contributed by atoms with Gasteiger partial charge in [-0.05, 0) is 24.0 Å². The van der Waals surface area contributed by atoms with Crippen LogP contribution >= 0.6 is 11.8 Å². The third-order valence-electron chi connectivity index (χ3n) is 1.61. The third-order valence-corrected chi connectivity index (χ3v) is 1.97. The highest BCUT2D eigenvalue weighted by Crippen LogP contribution is 2.11. The molecule has 0 N–H and O–H groups in total. The molecule has 13 heavy (non-hydrogen) atoms. The lowest BCUT2D eigenvalue weighted by Crippen LogP contribution is -1.84. The minimum atomic E-state index is 0.741. The highest BCUT2D eigenvalue weighted by Gasteiger charge is 1.91. The molecule has 1 aromatic rings. The number of rotatable bonds is 4. The van der Waals surface area contributed by atoms with Crippen LogP contribution in [0.2, 0.25) is 0 Å². The van der Waals surface area contributed by atoms with Crippen LogP contribution in [0.3, 0.4) is 0 Å². The Morgan fingerprint density at radius 2 is 2.08 bits per heavy atom. The lowest BCUT2D eigenvalue weighted by Gasteiger charge is -1.99. The summed E-state index contributed by atoms with van der Waals surface area (Å²) < 4.78 is 5.05. The Labute approximate surface area is 83.0 Å². The fourth-order valence-corrected chi connectivity index (χ4v) is 1.17. The van der Waals surface area contributed by atoms with Gasteiger partial charge in [-0.15, -0.1) is 11.8 Å². The van der Waals surface area contributed by atoms with Gasteiger partial charge in [0.2, 0.25) is 0 Å². The Morgan fingerprint density at radius 3 is 2.62 bits per heavy atom. The molecule has 0 heterocycles. The molecule has 0 radical (unpaired) electrons. The molecule has 70 valence electrons. The molecule has 0 spiro atoms. The first-order valence-electron chi connectivity index (χ1n) is 4.01. The SMILES string of the molecule is COc1ccc(CN=CSC)cc1. The van der Waals surface area contributed by atoms with Crippen molar-refractivity contribution < 1.29 is 4.74 Å². The van der Waals surface area contributed by atoms with Gasteiger partial charge in [0, 0.05) is 0 Å². The number of thioether (sulfide) groups is 1. The smallest absolute Gasteiger partial charge is 0.118 e. The average molecular weight is 195 g/mol. The molecule has 0 aliphatic heterocycles. The van der Waals surface area contributed by atoms with E-state index in [4.69, 9.17) is 4.74 Å². The van der Waals surface area contributed by atoms with Gasteiger partial charge >= 0.3 is 0 Å². The highest BCUT2D eigenvalue weighted by atomic mass is 32.2.